The maximum Gasteiger partial charge on any atom is 0.279 e. The van der Waals surface area contributed by atoms with Gasteiger partial charge in [-0.1, -0.05) is 6.92 Å². The number of nitrogens with one attached hydrogen (secondary N) is 2. The molecule has 1 aliphatic heterocycles. The third kappa shape index (κ3) is 4.98. The van der Waals surface area contributed by atoms with Crippen LogP contribution < -0.4 is 10.9 Å². The van der Waals surface area contributed by atoms with Crippen molar-refractivity contribution in [1.82, 2.24) is 10.9 Å². The lowest BCUT2D eigenvalue weighted by Crippen LogP contribution is -2.42. The SMILES string of the molecule is C[C@@H]1CCc2sc(C(=O)NNC(=O)CS[C@@H]3CCS(=O)(=O)C3)cc2C1. The zero-order valence-electron chi connectivity index (χ0n) is 14.0. The Morgan fingerprint density at radius 3 is 2.84 bits per heavy atom. The van der Waals surface area contributed by atoms with Gasteiger partial charge in [0.25, 0.3) is 5.91 Å². The van der Waals surface area contributed by atoms with E-state index in [1.165, 1.54) is 33.5 Å². The predicted molar refractivity (Wildman–Crippen MR) is 101 cm³/mol. The highest BCUT2D eigenvalue weighted by atomic mass is 32.2. The second-order valence-corrected chi connectivity index (χ2v) is 11.4. The smallest absolute Gasteiger partial charge is 0.272 e. The van der Waals surface area contributed by atoms with E-state index in [9.17, 15) is 18.0 Å². The fourth-order valence-corrected chi connectivity index (χ4v) is 7.67. The van der Waals surface area contributed by atoms with E-state index in [4.69, 9.17) is 0 Å². The van der Waals surface area contributed by atoms with Crippen LogP contribution in [-0.4, -0.2) is 42.7 Å². The Balaban J connectivity index is 1.44. The van der Waals surface area contributed by atoms with E-state index in [2.05, 4.69) is 17.8 Å². The summed E-state index contributed by atoms with van der Waals surface area (Å²) < 4.78 is 22.8. The molecule has 3 rings (SSSR count). The van der Waals surface area contributed by atoms with Crippen LogP contribution in [0.4, 0.5) is 0 Å². The second kappa shape index (κ2) is 7.67. The molecule has 0 aromatic carbocycles. The van der Waals surface area contributed by atoms with Crippen molar-refractivity contribution < 1.29 is 18.0 Å². The number of aryl methyl sites for hydroxylation is 1. The molecule has 138 valence electrons. The lowest BCUT2D eigenvalue weighted by molar-refractivity contribution is -0.119. The number of thiophene rings is 1. The average Bonchev–Trinajstić information content (AvgIpc) is 3.13. The van der Waals surface area contributed by atoms with Gasteiger partial charge in [-0.15, -0.1) is 23.1 Å². The van der Waals surface area contributed by atoms with E-state index in [1.54, 1.807) is 0 Å². The quantitative estimate of drug-likeness (QED) is 0.746. The fraction of sp³-hybridized carbons (Fsp3) is 0.625. The first-order valence-corrected chi connectivity index (χ1v) is 12.0. The summed E-state index contributed by atoms with van der Waals surface area (Å²) in [4.78, 5) is 25.9. The maximum atomic E-state index is 12.2. The summed E-state index contributed by atoms with van der Waals surface area (Å²) in [7, 11) is -2.93. The van der Waals surface area contributed by atoms with Crippen LogP contribution in [-0.2, 0) is 27.5 Å². The summed E-state index contributed by atoms with van der Waals surface area (Å²) in [5.74, 6) is 0.501. The Morgan fingerprint density at radius 2 is 2.12 bits per heavy atom. The van der Waals surface area contributed by atoms with Crippen molar-refractivity contribution in [3.8, 4) is 0 Å². The highest BCUT2D eigenvalue weighted by Crippen LogP contribution is 2.32. The van der Waals surface area contributed by atoms with Crippen molar-refractivity contribution >= 4 is 44.8 Å². The number of thioether (sulfide) groups is 1. The largest absolute Gasteiger partial charge is 0.279 e. The first-order chi connectivity index (χ1) is 11.8. The molecule has 1 aliphatic carbocycles. The molecule has 0 bridgehead atoms. The average molecular weight is 403 g/mol. The molecular formula is C16H22N2O4S3. The molecule has 0 unspecified atom stereocenters. The summed E-state index contributed by atoms with van der Waals surface area (Å²) in [5, 5.41) is -0.0301. The zero-order chi connectivity index (χ0) is 18.0. The Morgan fingerprint density at radius 1 is 1.32 bits per heavy atom. The van der Waals surface area contributed by atoms with E-state index in [0.717, 1.165) is 19.3 Å². The number of sulfone groups is 1. The number of hydrogen-bond acceptors (Lipinski definition) is 6. The van der Waals surface area contributed by atoms with Crippen LogP contribution in [0, 0.1) is 5.92 Å². The molecule has 0 radical (unpaired) electrons. The normalized spacial score (nSPS) is 24.5. The number of fused-ring (bicyclic) bond motifs is 1. The van der Waals surface area contributed by atoms with E-state index in [1.807, 2.05) is 6.07 Å². The molecule has 1 saturated heterocycles. The summed E-state index contributed by atoms with van der Waals surface area (Å²) in [6, 6.07) is 1.93. The molecule has 1 aromatic heterocycles. The van der Waals surface area contributed by atoms with E-state index >= 15 is 0 Å². The first kappa shape index (κ1) is 18.7. The van der Waals surface area contributed by atoms with Gasteiger partial charge in [0.1, 0.15) is 0 Å². The molecule has 0 saturated carbocycles. The first-order valence-electron chi connectivity index (χ1n) is 8.35. The molecule has 1 fully saturated rings. The third-order valence-corrected chi connectivity index (χ3v) is 9.03. The lowest BCUT2D eigenvalue weighted by atomic mass is 9.90. The van der Waals surface area contributed by atoms with Crippen molar-refractivity contribution in [2.45, 2.75) is 37.9 Å². The molecule has 2 aliphatic rings. The number of amides is 2. The van der Waals surface area contributed by atoms with Crippen LogP contribution >= 0.6 is 23.1 Å². The predicted octanol–water partition coefficient (Wildman–Crippen LogP) is 1.55. The van der Waals surface area contributed by atoms with Gasteiger partial charge in [-0.2, -0.15) is 0 Å². The molecule has 2 heterocycles. The van der Waals surface area contributed by atoms with Gasteiger partial charge in [-0.05, 0) is 43.2 Å². The van der Waals surface area contributed by atoms with Crippen molar-refractivity contribution in [2.75, 3.05) is 17.3 Å². The number of carbonyl (C=O) groups is 2. The zero-order valence-corrected chi connectivity index (χ0v) is 16.5. The topological polar surface area (TPSA) is 92.3 Å². The van der Waals surface area contributed by atoms with E-state index < -0.39 is 9.84 Å². The van der Waals surface area contributed by atoms with Crippen molar-refractivity contribution in [1.29, 1.82) is 0 Å². The molecule has 6 nitrogen and oxygen atoms in total. The Labute approximate surface area is 156 Å². The molecule has 9 heteroatoms. The van der Waals surface area contributed by atoms with E-state index in [0.29, 0.717) is 17.2 Å². The van der Waals surface area contributed by atoms with Gasteiger partial charge in [0.05, 0.1) is 22.1 Å². The second-order valence-electron chi connectivity index (χ2n) is 6.75. The maximum absolute atomic E-state index is 12.2. The highest BCUT2D eigenvalue weighted by Gasteiger charge is 2.28. The summed E-state index contributed by atoms with van der Waals surface area (Å²) in [6.45, 7) is 2.22. The van der Waals surface area contributed by atoms with Crippen molar-refractivity contribution in [3.63, 3.8) is 0 Å². The Kier molecular flexibility index (Phi) is 5.75. The summed E-state index contributed by atoms with van der Waals surface area (Å²) in [5.41, 5.74) is 6.11. The molecule has 2 amide bonds. The van der Waals surface area contributed by atoms with Crippen LogP contribution in [0.15, 0.2) is 6.07 Å². The van der Waals surface area contributed by atoms with Gasteiger partial charge in [-0.25, -0.2) is 8.42 Å². The van der Waals surface area contributed by atoms with Crippen LogP contribution in [0.25, 0.3) is 0 Å². The monoisotopic (exact) mass is 402 g/mol. The van der Waals surface area contributed by atoms with Gasteiger partial charge in [0.15, 0.2) is 9.84 Å². The van der Waals surface area contributed by atoms with Crippen LogP contribution in [0.3, 0.4) is 0 Å². The van der Waals surface area contributed by atoms with Crippen LogP contribution in [0.1, 0.15) is 39.9 Å². The van der Waals surface area contributed by atoms with Crippen LogP contribution in [0.2, 0.25) is 0 Å². The van der Waals surface area contributed by atoms with Gasteiger partial charge in [0.2, 0.25) is 5.91 Å². The van der Waals surface area contributed by atoms with Crippen molar-refractivity contribution in [3.05, 3.63) is 21.4 Å². The number of hydrogen-bond donors (Lipinski definition) is 2. The molecule has 0 spiro atoms. The molecule has 1 aromatic rings. The molecule has 2 atom stereocenters. The van der Waals surface area contributed by atoms with Crippen LogP contribution in [0.5, 0.6) is 0 Å². The number of carbonyl (C=O) groups excluding carboxylic acids is 2. The summed E-state index contributed by atoms with van der Waals surface area (Å²) in [6.07, 6.45) is 3.76. The molecule has 2 N–H and O–H groups in total. The number of hydrazine groups is 1. The summed E-state index contributed by atoms with van der Waals surface area (Å²) >= 11 is 2.82. The standard InChI is InChI=1S/C16H22N2O4S3/c1-10-2-3-13-11(6-10)7-14(24-13)16(20)18-17-15(19)8-23-12-4-5-25(21,22)9-12/h7,10,12H,2-6,8-9H2,1H3,(H,17,19)(H,18,20)/t10-,12-/m1/s1. The Bertz CT molecular complexity index is 772. The minimum absolute atomic E-state index is 0.0301. The fourth-order valence-electron chi connectivity index (χ4n) is 3.13. The molecule has 25 heavy (non-hydrogen) atoms. The third-order valence-electron chi connectivity index (χ3n) is 4.51. The van der Waals surface area contributed by atoms with Gasteiger partial charge in [0, 0.05) is 10.1 Å². The Hall–Kier alpha value is -1.06. The van der Waals surface area contributed by atoms with E-state index in [-0.39, 0.29) is 34.3 Å². The lowest BCUT2D eigenvalue weighted by Gasteiger charge is -2.16. The van der Waals surface area contributed by atoms with Crippen molar-refractivity contribution in [2.24, 2.45) is 5.92 Å². The minimum atomic E-state index is -2.93. The van der Waals surface area contributed by atoms with Gasteiger partial charge >= 0.3 is 0 Å². The van der Waals surface area contributed by atoms with Gasteiger partial charge < -0.3 is 0 Å². The minimum Gasteiger partial charge on any atom is -0.272 e. The number of rotatable bonds is 4. The van der Waals surface area contributed by atoms with Gasteiger partial charge in [-0.3, -0.25) is 20.4 Å². The highest BCUT2D eigenvalue weighted by molar-refractivity contribution is 8.02. The molecular weight excluding hydrogens is 380 g/mol.